The summed E-state index contributed by atoms with van der Waals surface area (Å²) in [5, 5.41) is 2.82. The SMILES string of the molecule is CC[C@@](C)(NC(=O)[C@@H]1CCCN(C(=O)c2ccc(C)cc2)C1)C(=O)OC. The molecule has 26 heavy (non-hydrogen) atoms. The molecule has 6 nitrogen and oxygen atoms in total. The van der Waals surface area contributed by atoms with Gasteiger partial charge in [-0.05, 0) is 45.2 Å². The molecule has 0 bridgehead atoms. The lowest BCUT2D eigenvalue weighted by molar-refractivity contribution is -0.151. The molecule has 1 fully saturated rings. The summed E-state index contributed by atoms with van der Waals surface area (Å²) in [7, 11) is 1.31. The number of likely N-dealkylation sites (tertiary alicyclic amines) is 1. The second-order valence-corrected chi connectivity index (χ2v) is 7.12. The molecule has 1 saturated heterocycles. The zero-order valence-corrected chi connectivity index (χ0v) is 16.0. The highest BCUT2D eigenvalue weighted by molar-refractivity contribution is 5.95. The minimum absolute atomic E-state index is 0.0614. The molecule has 1 aromatic rings. The van der Waals surface area contributed by atoms with Gasteiger partial charge in [0.15, 0.2) is 0 Å². The van der Waals surface area contributed by atoms with Gasteiger partial charge in [-0.25, -0.2) is 4.79 Å². The molecule has 6 heteroatoms. The molecule has 0 aliphatic carbocycles. The van der Waals surface area contributed by atoms with Crippen molar-refractivity contribution in [1.29, 1.82) is 0 Å². The Kier molecular flexibility index (Phi) is 6.40. The molecule has 0 radical (unpaired) electrons. The number of piperidine rings is 1. The van der Waals surface area contributed by atoms with Crippen LogP contribution in [0.3, 0.4) is 0 Å². The maximum absolute atomic E-state index is 12.7. The number of hydrogen-bond acceptors (Lipinski definition) is 4. The monoisotopic (exact) mass is 360 g/mol. The lowest BCUT2D eigenvalue weighted by Crippen LogP contribution is -2.56. The fourth-order valence-corrected chi connectivity index (χ4v) is 3.14. The molecule has 1 aromatic carbocycles. The van der Waals surface area contributed by atoms with Crippen LogP contribution in [0.1, 0.15) is 49.0 Å². The first-order valence-electron chi connectivity index (χ1n) is 9.07. The van der Waals surface area contributed by atoms with Crippen molar-refractivity contribution in [3.05, 3.63) is 35.4 Å². The summed E-state index contributed by atoms with van der Waals surface area (Å²) >= 11 is 0. The number of ether oxygens (including phenoxy) is 1. The van der Waals surface area contributed by atoms with Gasteiger partial charge in [-0.15, -0.1) is 0 Å². The zero-order valence-electron chi connectivity index (χ0n) is 16.0. The lowest BCUT2D eigenvalue weighted by Gasteiger charge is -2.34. The molecular weight excluding hydrogens is 332 g/mol. The molecular formula is C20H28N2O4. The summed E-state index contributed by atoms with van der Waals surface area (Å²) in [5.41, 5.74) is 0.679. The highest BCUT2D eigenvalue weighted by Gasteiger charge is 2.37. The minimum Gasteiger partial charge on any atom is -0.467 e. The molecule has 0 unspecified atom stereocenters. The van der Waals surface area contributed by atoms with E-state index in [0.29, 0.717) is 31.5 Å². The van der Waals surface area contributed by atoms with Crippen molar-refractivity contribution in [3.63, 3.8) is 0 Å². The van der Waals surface area contributed by atoms with Crippen molar-refractivity contribution in [1.82, 2.24) is 10.2 Å². The van der Waals surface area contributed by atoms with E-state index in [1.807, 2.05) is 38.1 Å². The van der Waals surface area contributed by atoms with Crippen molar-refractivity contribution >= 4 is 17.8 Å². The first-order valence-corrected chi connectivity index (χ1v) is 9.07. The van der Waals surface area contributed by atoms with E-state index in [0.717, 1.165) is 12.0 Å². The Bertz CT molecular complexity index is 671. The predicted molar refractivity (Wildman–Crippen MR) is 98.7 cm³/mol. The largest absolute Gasteiger partial charge is 0.467 e. The van der Waals surface area contributed by atoms with Crippen LogP contribution in [-0.4, -0.2) is 48.4 Å². The highest BCUT2D eigenvalue weighted by atomic mass is 16.5. The second-order valence-electron chi connectivity index (χ2n) is 7.12. The Morgan fingerprint density at radius 2 is 1.92 bits per heavy atom. The van der Waals surface area contributed by atoms with Gasteiger partial charge in [-0.1, -0.05) is 24.6 Å². The van der Waals surface area contributed by atoms with Crippen LogP contribution < -0.4 is 5.32 Å². The van der Waals surface area contributed by atoms with E-state index in [1.165, 1.54) is 7.11 Å². The van der Waals surface area contributed by atoms with Crippen LogP contribution >= 0.6 is 0 Å². The molecule has 1 heterocycles. The number of nitrogens with zero attached hydrogens (tertiary/aromatic N) is 1. The number of benzene rings is 1. The maximum Gasteiger partial charge on any atom is 0.331 e. The summed E-state index contributed by atoms with van der Waals surface area (Å²) in [5.74, 6) is -1.06. The van der Waals surface area contributed by atoms with E-state index >= 15 is 0 Å². The maximum atomic E-state index is 12.7. The summed E-state index contributed by atoms with van der Waals surface area (Å²) < 4.78 is 4.80. The quantitative estimate of drug-likeness (QED) is 0.818. The first-order chi connectivity index (χ1) is 12.3. The van der Waals surface area contributed by atoms with E-state index in [1.54, 1.807) is 11.8 Å². The van der Waals surface area contributed by atoms with Crippen LogP contribution in [0.4, 0.5) is 0 Å². The normalized spacial score (nSPS) is 19.4. The van der Waals surface area contributed by atoms with E-state index in [-0.39, 0.29) is 17.7 Å². The fraction of sp³-hybridized carbons (Fsp3) is 0.550. The first kappa shape index (κ1) is 19.9. The lowest BCUT2D eigenvalue weighted by atomic mass is 9.93. The van der Waals surface area contributed by atoms with E-state index in [2.05, 4.69) is 5.32 Å². The van der Waals surface area contributed by atoms with E-state index in [9.17, 15) is 14.4 Å². The third-order valence-electron chi connectivity index (χ3n) is 5.12. The topological polar surface area (TPSA) is 75.7 Å². The molecule has 1 N–H and O–H groups in total. The Morgan fingerprint density at radius 1 is 1.27 bits per heavy atom. The summed E-state index contributed by atoms with van der Waals surface area (Å²) in [6.07, 6.45) is 1.89. The van der Waals surface area contributed by atoms with Crippen molar-refractivity contribution in [2.24, 2.45) is 5.92 Å². The number of rotatable bonds is 5. The van der Waals surface area contributed by atoms with Gasteiger partial charge < -0.3 is 15.0 Å². The molecule has 1 aliphatic heterocycles. The van der Waals surface area contributed by atoms with Crippen LogP contribution in [0.25, 0.3) is 0 Å². The Balaban J connectivity index is 2.05. The van der Waals surface area contributed by atoms with Gasteiger partial charge in [0.25, 0.3) is 5.91 Å². The van der Waals surface area contributed by atoms with Crippen molar-refractivity contribution in [2.75, 3.05) is 20.2 Å². The van der Waals surface area contributed by atoms with Crippen molar-refractivity contribution < 1.29 is 19.1 Å². The molecule has 0 spiro atoms. The number of carbonyl (C=O) groups excluding carboxylic acids is 3. The van der Waals surface area contributed by atoms with Crippen LogP contribution in [0.2, 0.25) is 0 Å². The molecule has 1 aliphatic rings. The highest BCUT2D eigenvalue weighted by Crippen LogP contribution is 2.21. The van der Waals surface area contributed by atoms with Gasteiger partial charge in [-0.3, -0.25) is 9.59 Å². The average Bonchev–Trinajstić information content (AvgIpc) is 2.67. The van der Waals surface area contributed by atoms with Crippen molar-refractivity contribution in [3.8, 4) is 0 Å². The number of esters is 1. The number of hydrogen-bond donors (Lipinski definition) is 1. The van der Waals surface area contributed by atoms with Gasteiger partial charge in [0.05, 0.1) is 13.0 Å². The number of amides is 2. The fourth-order valence-electron chi connectivity index (χ4n) is 3.14. The number of aryl methyl sites for hydroxylation is 1. The second kappa shape index (κ2) is 8.34. The van der Waals surface area contributed by atoms with Crippen LogP contribution in [0, 0.1) is 12.8 Å². The minimum atomic E-state index is -1.05. The van der Waals surface area contributed by atoms with Crippen LogP contribution in [0.15, 0.2) is 24.3 Å². The molecule has 2 atom stereocenters. The van der Waals surface area contributed by atoms with Crippen LogP contribution in [-0.2, 0) is 14.3 Å². The van der Waals surface area contributed by atoms with Gasteiger partial charge in [0, 0.05) is 18.7 Å². The number of carbonyl (C=O) groups is 3. The molecule has 142 valence electrons. The number of nitrogens with one attached hydrogen (secondary N) is 1. The summed E-state index contributed by atoms with van der Waals surface area (Å²) in [4.78, 5) is 39.1. The molecule has 2 rings (SSSR count). The standard InChI is InChI=1S/C20H28N2O4/c1-5-20(3,19(25)26-4)21-17(23)16-7-6-12-22(13-16)18(24)15-10-8-14(2)9-11-15/h8-11,16H,5-7,12-13H2,1-4H3,(H,21,23)/t16-,20-/m1/s1. The summed E-state index contributed by atoms with van der Waals surface area (Å²) in [6.45, 7) is 6.46. The number of methoxy groups -OCH3 is 1. The van der Waals surface area contributed by atoms with Gasteiger partial charge in [0.2, 0.25) is 5.91 Å². The predicted octanol–water partition coefficient (Wildman–Crippen LogP) is 2.31. The van der Waals surface area contributed by atoms with Crippen LogP contribution in [0.5, 0.6) is 0 Å². The average molecular weight is 360 g/mol. The van der Waals surface area contributed by atoms with Gasteiger partial charge in [0.1, 0.15) is 5.54 Å². The smallest absolute Gasteiger partial charge is 0.331 e. The third kappa shape index (κ3) is 4.42. The Labute approximate surface area is 154 Å². The van der Waals surface area contributed by atoms with Crippen molar-refractivity contribution in [2.45, 2.75) is 45.6 Å². The molecule has 2 amide bonds. The Morgan fingerprint density at radius 3 is 2.50 bits per heavy atom. The Hall–Kier alpha value is -2.37. The van der Waals surface area contributed by atoms with E-state index in [4.69, 9.17) is 4.74 Å². The zero-order chi connectivity index (χ0) is 19.3. The van der Waals surface area contributed by atoms with Gasteiger partial charge in [-0.2, -0.15) is 0 Å². The molecule has 0 saturated carbocycles. The summed E-state index contributed by atoms with van der Waals surface area (Å²) in [6, 6.07) is 7.44. The third-order valence-corrected chi connectivity index (χ3v) is 5.12. The van der Waals surface area contributed by atoms with E-state index < -0.39 is 11.5 Å². The van der Waals surface area contributed by atoms with Gasteiger partial charge >= 0.3 is 5.97 Å². The molecule has 0 aromatic heterocycles.